The van der Waals surface area contributed by atoms with Gasteiger partial charge in [-0.25, -0.2) is 0 Å². The second-order valence-electron chi connectivity index (χ2n) is 5.72. The maximum Gasteiger partial charge on any atom is 0.0376 e. The largest absolute Gasteiger partial charge is 0.384 e. The van der Waals surface area contributed by atoms with E-state index in [0.29, 0.717) is 5.92 Å². The molecule has 1 aliphatic heterocycles. The molecule has 0 spiro atoms. The van der Waals surface area contributed by atoms with Crippen LogP contribution in [0.3, 0.4) is 0 Å². The van der Waals surface area contributed by atoms with Crippen LogP contribution in [0.15, 0.2) is 24.3 Å². The molecule has 2 rings (SSSR count). The summed E-state index contributed by atoms with van der Waals surface area (Å²) in [6.07, 6.45) is 1.25. The van der Waals surface area contributed by atoms with Gasteiger partial charge in [-0.2, -0.15) is 0 Å². The first-order valence-corrected chi connectivity index (χ1v) is 7.40. The molecule has 1 aromatic carbocycles. The normalized spacial score (nSPS) is 17.8. The molecule has 3 heteroatoms. The van der Waals surface area contributed by atoms with Crippen molar-refractivity contribution in [2.75, 3.05) is 52.1 Å². The SMILES string of the molecule is CCN(CCCN(C)C)CC1CNc2ccccc21. The van der Waals surface area contributed by atoms with Crippen molar-refractivity contribution >= 4 is 5.69 Å². The molecular weight excluding hydrogens is 234 g/mol. The van der Waals surface area contributed by atoms with Gasteiger partial charge in [0.15, 0.2) is 0 Å². The predicted molar refractivity (Wildman–Crippen MR) is 83.0 cm³/mol. The summed E-state index contributed by atoms with van der Waals surface area (Å²) in [5, 5.41) is 3.52. The summed E-state index contributed by atoms with van der Waals surface area (Å²) < 4.78 is 0. The van der Waals surface area contributed by atoms with Crippen molar-refractivity contribution in [3.05, 3.63) is 29.8 Å². The number of fused-ring (bicyclic) bond motifs is 1. The average molecular weight is 261 g/mol. The van der Waals surface area contributed by atoms with Crippen molar-refractivity contribution in [2.24, 2.45) is 0 Å². The van der Waals surface area contributed by atoms with E-state index in [2.05, 4.69) is 60.4 Å². The summed E-state index contributed by atoms with van der Waals surface area (Å²) in [4.78, 5) is 4.85. The van der Waals surface area contributed by atoms with E-state index in [9.17, 15) is 0 Å². The summed E-state index contributed by atoms with van der Waals surface area (Å²) in [5.41, 5.74) is 2.82. The highest BCUT2D eigenvalue weighted by molar-refractivity contribution is 5.57. The molecule has 1 aliphatic rings. The van der Waals surface area contributed by atoms with Crippen LogP contribution in [-0.4, -0.2) is 56.6 Å². The second-order valence-corrected chi connectivity index (χ2v) is 5.72. The fraction of sp³-hybridized carbons (Fsp3) is 0.625. The van der Waals surface area contributed by atoms with Gasteiger partial charge in [-0.1, -0.05) is 25.1 Å². The Hall–Kier alpha value is -1.06. The van der Waals surface area contributed by atoms with E-state index < -0.39 is 0 Å². The van der Waals surface area contributed by atoms with E-state index in [-0.39, 0.29) is 0 Å². The van der Waals surface area contributed by atoms with Gasteiger partial charge in [-0.3, -0.25) is 0 Å². The number of hydrogen-bond donors (Lipinski definition) is 1. The standard InChI is InChI=1S/C16H27N3/c1-4-19(11-7-10-18(2)3)13-14-12-17-16-9-6-5-8-15(14)16/h5-6,8-9,14,17H,4,7,10-13H2,1-3H3. The van der Waals surface area contributed by atoms with Crippen LogP contribution in [0.5, 0.6) is 0 Å². The Balaban J connectivity index is 1.86. The van der Waals surface area contributed by atoms with E-state index in [4.69, 9.17) is 0 Å². The van der Waals surface area contributed by atoms with E-state index in [1.807, 2.05) is 0 Å². The Morgan fingerprint density at radius 1 is 1.21 bits per heavy atom. The zero-order chi connectivity index (χ0) is 13.7. The molecule has 1 heterocycles. The Kier molecular flexibility index (Phi) is 5.23. The van der Waals surface area contributed by atoms with Gasteiger partial charge in [0.1, 0.15) is 0 Å². The van der Waals surface area contributed by atoms with Crippen molar-refractivity contribution in [1.29, 1.82) is 0 Å². The van der Waals surface area contributed by atoms with Crippen LogP contribution in [0.25, 0.3) is 0 Å². The topological polar surface area (TPSA) is 18.5 Å². The smallest absolute Gasteiger partial charge is 0.0376 e. The van der Waals surface area contributed by atoms with Crippen LogP contribution in [0, 0.1) is 0 Å². The monoisotopic (exact) mass is 261 g/mol. The van der Waals surface area contributed by atoms with Crippen LogP contribution in [0.1, 0.15) is 24.8 Å². The molecule has 106 valence electrons. The molecule has 0 bridgehead atoms. The molecular formula is C16H27N3. The highest BCUT2D eigenvalue weighted by Gasteiger charge is 2.23. The zero-order valence-electron chi connectivity index (χ0n) is 12.5. The Morgan fingerprint density at radius 3 is 2.74 bits per heavy atom. The first-order valence-electron chi connectivity index (χ1n) is 7.40. The zero-order valence-corrected chi connectivity index (χ0v) is 12.5. The Bertz CT molecular complexity index is 389. The number of nitrogens with zero attached hydrogens (tertiary/aromatic N) is 2. The first-order chi connectivity index (χ1) is 9.20. The maximum atomic E-state index is 3.52. The highest BCUT2D eigenvalue weighted by Crippen LogP contribution is 2.31. The van der Waals surface area contributed by atoms with Crippen LogP contribution >= 0.6 is 0 Å². The van der Waals surface area contributed by atoms with Crippen molar-refractivity contribution in [3.63, 3.8) is 0 Å². The van der Waals surface area contributed by atoms with Gasteiger partial charge in [0.25, 0.3) is 0 Å². The van der Waals surface area contributed by atoms with Crippen molar-refractivity contribution < 1.29 is 0 Å². The minimum absolute atomic E-state index is 0.649. The molecule has 0 saturated heterocycles. The Labute approximate surface area is 117 Å². The number of anilines is 1. The third-order valence-corrected chi connectivity index (χ3v) is 3.94. The molecule has 1 unspecified atom stereocenters. The van der Waals surface area contributed by atoms with Gasteiger partial charge in [0.2, 0.25) is 0 Å². The number of hydrogen-bond acceptors (Lipinski definition) is 3. The van der Waals surface area contributed by atoms with Gasteiger partial charge >= 0.3 is 0 Å². The lowest BCUT2D eigenvalue weighted by molar-refractivity contribution is 0.255. The Morgan fingerprint density at radius 2 is 2.00 bits per heavy atom. The number of rotatable bonds is 7. The summed E-state index contributed by atoms with van der Waals surface area (Å²) in [5.74, 6) is 0.649. The molecule has 1 atom stereocenters. The molecule has 0 aromatic heterocycles. The van der Waals surface area contributed by atoms with Gasteiger partial charge in [0, 0.05) is 24.7 Å². The van der Waals surface area contributed by atoms with Crippen molar-refractivity contribution in [1.82, 2.24) is 9.80 Å². The maximum absolute atomic E-state index is 3.52. The van der Waals surface area contributed by atoms with Crippen LogP contribution in [0.2, 0.25) is 0 Å². The summed E-state index contributed by atoms with van der Waals surface area (Å²) in [7, 11) is 4.29. The minimum Gasteiger partial charge on any atom is -0.384 e. The van der Waals surface area contributed by atoms with Gasteiger partial charge in [-0.15, -0.1) is 0 Å². The molecule has 0 fully saturated rings. The minimum atomic E-state index is 0.649. The summed E-state index contributed by atoms with van der Waals surface area (Å²) >= 11 is 0. The van der Waals surface area contributed by atoms with Gasteiger partial charge in [0.05, 0.1) is 0 Å². The van der Waals surface area contributed by atoms with E-state index >= 15 is 0 Å². The predicted octanol–water partition coefficient (Wildman–Crippen LogP) is 2.47. The summed E-state index contributed by atoms with van der Waals surface area (Å²) in [6.45, 7) is 8.05. The third kappa shape index (κ3) is 3.95. The molecule has 0 saturated carbocycles. The van der Waals surface area contributed by atoms with E-state index in [1.165, 1.54) is 37.3 Å². The first kappa shape index (κ1) is 14.4. The van der Waals surface area contributed by atoms with Crippen LogP contribution in [0.4, 0.5) is 5.69 Å². The van der Waals surface area contributed by atoms with Crippen LogP contribution < -0.4 is 5.32 Å². The van der Waals surface area contributed by atoms with Crippen molar-refractivity contribution in [3.8, 4) is 0 Å². The fourth-order valence-electron chi connectivity index (χ4n) is 2.82. The van der Waals surface area contributed by atoms with Gasteiger partial charge < -0.3 is 15.1 Å². The number of benzene rings is 1. The number of para-hydroxylation sites is 1. The number of nitrogens with one attached hydrogen (secondary N) is 1. The molecule has 1 aromatic rings. The second kappa shape index (κ2) is 6.92. The molecule has 0 aliphatic carbocycles. The van der Waals surface area contributed by atoms with E-state index in [1.54, 1.807) is 0 Å². The molecule has 0 radical (unpaired) electrons. The van der Waals surface area contributed by atoms with E-state index in [0.717, 1.165) is 13.1 Å². The molecule has 0 amide bonds. The molecule has 3 nitrogen and oxygen atoms in total. The summed E-state index contributed by atoms with van der Waals surface area (Å²) in [6, 6.07) is 8.73. The quantitative estimate of drug-likeness (QED) is 0.813. The fourth-order valence-corrected chi connectivity index (χ4v) is 2.82. The molecule has 1 N–H and O–H groups in total. The highest BCUT2D eigenvalue weighted by atomic mass is 15.1. The number of likely N-dealkylation sites (N-methyl/N-ethyl adjacent to an activating group) is 1. The lowest BCUT2D eigenvalue weighted by Crippen LogP contribution is -2.31. The van der Waals surface area contributed by atoms with Gasteiger partial charge in [-0.05, 0) is 51.8 Å². The lowest BCUT2D eigenvalue weighted by atomic mass is 10.0. The molecule has 19 heavy (non-hydrogen) atoms. The lowest BCUT2D eigenvalue weighted by Gasteiger charge is -2.24. The van der Waals surface area contributed by atoms with Crippen LogP contribution in [-0.2, 0) is 0 Å². The van der Waals surface area contributed by atoms with Crippen molar-refractivity contribution in [2.45, 2.75) is 19.3 Å². The third-order valence-electron chi connectivity index (χ3n) is 3.94. The average Bonchev–Trinajstić information content (AvgIpc) is 2.80.